The molecule has 0 bridgehead atoms. The molecule has 100 valence electrons. The van der Waals surface area contributed by atoms with Crippen LogP contribution in [0.25, 0.3) is 0 Å². The van der Waals surface area contributed by atoms with Gasteiger partial charge in [-0.3, -0.25) is 0 Å². The zero-order valence-electron chi connectivity index (χ0n) is 11.7. The van der Waals surface area contributed by atoms with Gasteiger partial charge < -0.3 is 15.0 Å². The van der Waals surface area contributed by atoms with Crippen molar-refractivity contribution in [2.75, 3.05) is 46.4 Å². The first-order valence-corrected chi connectivity index (χ1v) is 7.10. The minimum absolute atomic E-state index is 0.376. The van der Waals surface area contributed by atoms with Crippen molar-refractivity contribution in [1.82, 2.24) is 10.2 Å². The summed E-state index contributed by atoms with van der Waals surface area (Å²) in [6.45, 7) is 11.5. The quantitative estimate of drug-likeness (QED) is 0.790. The topological polar surface area (TPSA) is 24.5 Å². The number of hydrogen-bond donors (Lipinski definition) is 1. The third-order valence-electron chi connectivity index (χ3n) is 4.55. The van der Waals surface area contributed by atoms with E-state index in [0.29, 0.717) is 5.41 Å². The Morgan fingerprint density at radius 1 is 1.47 bits per heavy atom. The molecular weight excluding hydrogens is 212 g/mol. The van der Waals surface area contributed by atoms with Crippen LogP contribution in [0.15, 0.2) is 0 Å². The number of nitrogens with one attached hydrogen (secondary N) is 1. The van der Waals surface area contributed by atoms with Crippen molar-refractivity contribution < 1.29 is 4.74 Å². The first-order chi connectivity index (χ1) is 8.15. The van der Waals surface area contributed by atoms with Crippen LogP contribution in [0.3, 0.4) is 0 Å². The smallest absolute Gasteiger partial charge is 0.0547 e. The Morgan fingerprint density at radius 2 is 2.29 bits per heavy atom. The first kappa shape index (κ1) is 13.3. The SMILES string of the molecule is CNCC1(CN2CCC(C(C)C)C2)CCOC1. The Labute approximate surface area is 106 Å². The van der Waals surface area contributed by atoms with E-state index in [1.807, 2.05) is 0 Å². The van der Waals surface area contributed by atoms with Gasteiger partial charge >= 0.3 is 0 Å². The molecule has 0 aromatic carbocycles. The van der Waals surface area contributed by atoms with Crippen molar-refractivity contribution in [3.8, 4) is 0 Å². The molecule has 0 aliphatic carbocycles. The van der Waals surface area contributed by atoms with E-state index < -0.39 is 0 Å². The number of likely N-dealkylation sites (tertiary alicyclic amines) is 1. The number of hydrogen-bond acceptors (Lipinski definition) is 3. The molecule has 2 aliphatic heterocycles. The van der Waals surface area contributed by atoms with Crippen LogP contribution in [0, 0.1) is 17.3 Å². The molecule has 0 saturated carbocycles. The van der Waals surface area contributed by atoms with Gasteiger partial charge in [0.25, 0.3) is 0 Å². The average molecular weight is 240 g/mol. The maximum absolute atomic E-state index is 5.63. The van der Waals surface area contributed by atoms with Gasteiger partial charge in [-0.1, -0.05) is 13.8 Å². The van der Waals surface area contributed by atoms with Crippen LogP contribution in [0.5, 0.6) is 0 Å². The second kappa shape index (κ2) is 5.68. The molecule has 1 N–H and O–H groups in total. The van der Waals surface area contributed by atoms with Crippen LogP contribution < -0.4 is 5.32 Å². The average Bonchev–Trinajstić information content (AvgIpc) is 2.89. The Kier molecular flexibility index (Phi) is 4.45. The van der Waals surface area contributed by atoms with E-state index in [0.717, 1.165) is 31.6 Å². The highest BCUT2D eigenvalue weighted by atomic mass is 16.5. The molecule has 0 spiro atoms. The van der Waals surface area contributed by atoms with Crippen LogP contribution in [-0.4, -0.2) is 51.3 Å². The summed E-state index contributed by atoms with van der Waals surface area (Å²) in [6, 6.07) is 0. The van der Waals surface area contributed by atoms with Crippen LogP contribution in [-0.2, 0) is 4.74 Å². The predicted octanol–water partition coefficient (Wildman–Crippen LogP) is 1.59. The fraction of sp³-hybridized carbons (Fsp3) is 1.00. The normalized spacial score (nSPS) is 34.9. The Hall–Kier alpha value is -0.120. The highest BCUT2D eigenvalue weighted by Crippen LogP contribution is 2.32. The lowest BCUT2D eigenvalue weighted by Gasteiger charge is -2.32. The van der Waals surface area contributed by atoms with E-state index >= 15 is 0 Å². The van der Waals surface area contributed by atoms with Crippen LogP contribution in [0.2, 0.25) is 0 Å². The summed E-state index contributed by atoms with van der Waals surface area (Å²) in [6.07, 6.45) is 2.60. The van der Waals surface area contributed by atoms with E-state index in [1.54, 1.807) is 0 Å². The predicted molar refractivity (Wildman–Crippen MR) is 71.2 cm³/mol. The summed E-state index contributed by atoms with van der Waals surface area (Å²) in [5.41, 5.74) is 0.376. The van der Waals surface area contributed by atoms with Crippen molar-refractivity contribution >= 4 is 0 Å². The van der Waals surface area contributed by atoms with E-state index in [-0.39, 0.29) is 0 Å². The Bertz CT molecular complexity index is 236. The van der Waals surface area contributed by atoms with Crippen molar-refractivity contribution in [2.45, 2.75) is 26.7 Å². The molecule has 2 unspecified atom stereocenters. The fourth-order valence-electron chi connectivity index (χ4n) is 3.37. The molecule has 0 aromatic heterocycles. The number of rotatable bonds is 5. The zero-order valence-corrected chi connectivity index (χ0v) is 11.7. The van der Waals surface area contributed by atoms with Crippen molar-refractivity contribution in [3.05, 3.63) is 0 Å². The summed E-state index contributed by atoms with van der Waals surface area (Å²) in [5, 5.41) is 3.35. The van der Waals surface area contributed by atoms with Gasteiger partial charge in [0.1, 0.15) is 0 Å². The van der Waals surface area contributed by atoms with Crippen LogP contribution in [0.4, 0.5) is 0 Å². The second-order valence-corrected chi connectivity index (χ2v) is 6.36. The molecule has 0 amide bonds. The van der Waals surface area contributed by atoms with Gasteiger partial charge in [-0.15, -0.1) is 0 Å². The van der Waals surface area contributed by atoms with Crippen LogP contribution >= 0.6 is 0 Å². The maximum Gasteiger partial charge on any atom is 0.0547 e. The monoisotopic (exact) mass is 240 g/mol. The molecule has 2 heterocycles. The molecule has 3 nitrogen and oxygen atoms in total. The minimum atomic E-state index is 0.376. The lowest BCUT2D eigenvalue weighted by atomic mass is 9.86. The van der Waals surface area contributed by atoms with E-state index in [1.165, 1.54) is 32.5 Å². The van der Waals surface area contributed by atoms with Gasteiger partial charge in [-0.05, 0) is 38.3 Å². The summed E-state index contributed by atoms with van der Waals surface area (Å²) >= 11 is 0. The Balaban J connectivity index is 1.87. The summed E-state index contributed by atoms with van der Waals surface area (Å²) in [7, 11) is 2.06. The van der Waals surface area contributed by atoms with Gasteiger partial charge in [-0.25, -0.2) is 0 Å². The molecule has 2 fully saturated rings. The lowest BCUT2D eigenvalue weighted by Crippen LogP contribution is -2.43. The molecule has 2 aliphatic rings. The maximum atomic E-state index is 5.63. The molecule has 0 aromatic rings. The van der Waals surface area contributed by atoms with Gasteiger partial charge in [0.05, 0.1) is 6.61 Å². The summed E-state index contributed by atoms with van der Waals surface area (Å²) < 4.78 is 5.63. The second-order valence-electron chi connectivity index (χ2n) is 6.36. The van der Waals surface area contributed by atoms with Crippen molar-refractivity contribution in [3.63, 3.8) is 0 Å². The lowest BCUT2D eigenvalue weighted by molar-refractivity contribution is 0.117. The largest absolute Gasteiger partial charge is 0.381 e. The van der Waals surface area contributed by atoms with Crippen LogP contribution in [0.1, 0.15) is 26.7 Å². The molecule has 17 heavy (non-hydrogen) atoms. The highest BCUT2D eigenvalue weighted by Gasteiger charge is 2.38. The summed E-state index contributed by atoms with van der Waals surface area (Å²) in [5.74, 6) is 1.74. The summed E-state index contributed by atoms with van der Waals surface area (Å²) in [4.78, 5) is 2.66. The number of nitrogens with zero attached hydrogens (tertiary/aromatic N) is 1. The Morgan fingerprint density at radius 3 is 2.82 bits per heavy atom. The molecule has 2 atom stereocenters. The van der Waals surface area contributed by atoms with Gasteiger partial charge in [0.15, 0.2) is 0 Å². The molecule has 2 saturated heterocycles. The minimum Gasteiger partial charge on any atom is -0.381 e. The molecule has 0 radical (unpaired) electrons. The van der Waals surface area contributed by atoms with Gasteiger partial charge in [0, 0.05) is 31.7 Å². The number of ether oxygens (including phenoxy) is 1. The van der Waals surface area contributed by atoms with E-state index in [2.05, 4.69) is 31.1 Å². The molecular formula is C14H28N2O. The highest BCUT2D eigenvalue weighted by molar-refractivity contribution is 4.90. The van der Waals surface area contributed by atoms with Crippen molar-refractivity contribution in [1.29, 1.82) is 0 Å². The third-order valence-corrected chi connectivity index (χ3v) is 4.55. The van der Waals surface area contributed by atoms with Crippen molar-refractivity contribution in [2.24, 2.45) is 17.3 Å². The van der Waals surface area contributed by atoms with E-state index in [4.69, 9.17) is 4.74 Å². The molecule has 3 heteroatoms. The first-order valence-electron chi connectivity index (χ1n) is 7.10. The standard InChI is InChI=1S/C14H28N2O/c1-12(2)13-4-6-16(8-13)10-14(9-15-3)5-7-17-11-14/h12-13,15H,4-11H2,1-3H3. The van der Waals surface area contributed by atoms with Gasteiger partial charge in [-0.2, -0.15) is 0 Å². The fourth-order valence-corrected chi connectivity index (χ4v) is 3.37. The third kappa shape index (κ3) is 3.21. The zero-order chi connectivity index (χ0) is 12.3. The van der Waals surface area contributed by atoms with Gasteiger partial charge in [0.2, 0.25) is 0 Å². The van der Waals surface area contributed by atoms with E-state index in [9.17, 15) is 0 Å². The molecule has 2 rings (SSSR count).